The zero-order valence-electron chi connectivity index (χ0n) is 11.8. The van der Waals surface area contributed by atoms with E-state index in [1.54, 1.807) is 46.4 Å². The lowest BCUT2D eigenvalue weighted by Crippen LogP contribution is -2.29. The van der Waals surface area contributed by atoms with Gasteiger partial charge in [0.05, 0.1) is 13.2 Å². The van der Waals surface area contributed by atoms with E-state index in [0.29, 0.717) is 13.0 Å². The Morgan fingerprint density at radius 1 is 1.57 bits per heavy atom. The van der Waals surface area contributed by atoms with Gasteiger partial charge in [0.2, 0.25) is 5.91 Å². The van der Waals surface area contributed by atoms with E-state index in [2.05, 4.69) is 16.9 Å². The maximum Gasteiger partial charge on any atom is 0.244 e. The van der Waals surface area contributed by atoms with E-state index in [9.17, 15) is 4.79 Å². The van der Waals surface area contributed by atoms with Gasteiger partial charge in [0, 0.05) is 41.7 Å². The van der Waals surface area contributed by atoms with Gasteiger partial charge >= 0.3 is 0 Å². The fourth-order valence-electron chi connectivity index (χ4n) is 1.72. The van der Waals surface area contributed by atoms with Gasteiger partial charge in [-0.2, -0.15) is 5.10 Å². The predicted octanol–water partition coefficient (Wildman–Crippen LogP) is 1.34. The molecule has 2 heterocycles. The minimum absolute atomic E-state index is 0.0139. The molecule has 1 N–H and O–H groups in total. The number of aromatic nitrogens is 2. The van der Waals surface area contributed by atoms with Crippen LogP contribution < -0.4 is 0 Å². The van der Waals surface area contributed by atoms with E-state index in [1.807, 2.05) is 11.4 Å². The Balaban J connectivity index is 1.89. The molecule has 2 aromatic rings. The Labute approximate surface area is 127 Å². The lowest BCUT2D eigenvalue weighted by Gasteiger charge is -2.16. The molecule has 0 atom stereocenters. The first-order valence-electron chi connectivity index (χ1n) is 6.57. The van der Waals surface area contributed by atoms with Crippen molar-refractivity contribution in [2.45, 2.75) is 19.5 Å². The standard InChI is InChI=1S/C15H17N3O2S/c1-17(15(20)11-18-7-4-6-16-18)10-14-9-13(12-21-14)5-2-3-8-19/h4,6-7,9,12,19H,3,8,10-11H2,1H3. The lowest BCUT2D eigenvalue weighted by molar-refractivity contribution is -0.131. The molecule has 0 aliphatic rings. The molecule has 6 heteroatoms. The molecule has 0 saturated carbocycles. The molecule has 2 aromatic heterocycles. The molecular formula is C15H17N3O2S. The van der Waals surface area contributed by atoms with Crippen LogP contribution in [-0.2, 0) is 17.9 Å². The highest BCUT2D eigenvalue weighted by molar-refractivity contribution is 7.10. The summed E-state index contributed by atoms with van der Waals surface area (Å²) in [5, 5.41) is 14.7. The van der Waals surface area contributed by atoms with Gasteiger partial charge in [0.25, 0.3) is 0 Å². The van der Waals surface area contributed by atoms with Crippen LogP contribution in [0.4, 0.5) is 0 Å². The topological polar surface area (TPSA) is 58.4 Å². The number of rotatable bonds is 5. The summed E-state index contributed by atoms with van der Waals surface area (Å²) in [7, 11) is 1.78. The van der Waals surface area contributed by atoms with Crippen molar-refractivity contribution in [3.8, 4) is 11.8 Å². The summed E-state index contributed by atoms with van der Waals surface area (Å²) in [6.45, 7) is 0.888. The first kappa shape index (κ1) is 15.3. The molecule has 2 rings (SSSR count). The van der Waals surface area contributed by atoms with Crippen LogP contribution in [0.1, 0.15) is 16.9 Å². The van der Waals surface area contributed by atoms with E-state index in [4.69, 9.17) is 5.11 Å². The fraction of sp³-hybridized carbons (Fsp3) is 0.333. The number of carbonyl (C=O) groups is 1. The van der Waals surface area contributed by atoms with Crippen LogP contribution in [0.25, 0.3) is 0 Å². The third-order valence-electron chi connectivity index (χ3n) is 2.80. The van der Waals surface area contributed by atoms with Crippen molar-refractivity contribution in [3.05, 3.63) is 40.3 Å². The SMILES string of the molecule is CN(Cc1cc(C#CCCO)cs1)C(=O)Cn1cccn1. The zero-order chi connectivity index (χ0) is 15.1. The number of hydrogen-bond acceptors (Lipinski definition) is 4. The summed E-state index contributed by atoms with van der Waals surface area (Å²) < 4.78 is 1.61. The second-order valence-corrected chi connectivity index (χ2v) is 5.53. The first-order chi connectivity index (χ1) is 10.2. The van der Waals surface area contributed by atoms with E-state index in [0.717, 1.165) is 10.4 Å². The Morgan fingerprint density at radius 2 is 2.43 bits per heavy atom. The third-order valence-corrected chi connectivity index (χ3v) is 3.72. The number of amides is 1. The smallest absolute Gasteiger partial charge is 0.244 e. The van der Waals surface area contributed by atoms with Crippen molar-refractivity contribution in [1.29, 1.82) is 0 Å². The largest absolute Gasteiger partial charge is 0.395 e. The summed E-state index contributed by atoms with van der Waals surface area (Å²) in [6, 6.07) is 3.77. The summed E-state index contributed by atoms with van der Waals surface area (Å²) in [4.78, 5) is 14.8. The van der Waals surface area contributed by atoms with Crippen molar-refractivity contribution >= 4 is 17.2 Å². The Hall–Kier alpha value is -2.10. The molecule has 0 radical (unpaired) electrons. The number of nitrogens with zero attached hydrogens (tertiary/aromatic N) is 3. The average Bonchev–Trinajstić information content (AvgIpc) is 3.11. The van der Waals surface area contributed by atoms with Gasteiger partial charge in [-0.1, -0.05) is 11.8 Å². The van der Waals surface area contributed by atoms with E-state index in [1.165, 1.54) is 0 Å². The second kappa shape index (κ2) is 7.62. The Bertz CT molecular complexity index is 637. The van der Waals surface area contributed by atoms with Gasteiger partial charge in [-0.3, -0.25) is 9.48 Å². The lowest BCUT2D eigenvalue weighted by atomic mass is 10.3. The Morgan fingerprint density at radius 3 is 3.14 bits per heavy atom. The molecule has 1 amide bonds. The van der Waals surface area contributed by atoms with Crippen LogP contribution in [0.2, 0.25) is 0 Å². The third kappa shape index (κ3) is 4.74. The molecule has 0 fully saturated rings. The minimum atomic E-state index is 0.0139. The molecule has 110 valence electrons. The maximum atomic E-state index is 12.0. The molecule has 0 unspecified atom stereocenters. The zero-order valence-corrected chi connectivity index (χ0v) is 12.6. The molecule has 21 heavy (non-hydrogen) atoms. The van der Waals surface area contributed by atoms with Gasteiger partial charge in [-0.05, 0) is 12.1 Å². The van der Waals surface area contributed by atoms with E-state index >= 15 is 0 Å². The van der Waals surface area contributed by atoms with Gasteiger partial charge in [-0.15, -0.1) is 11.3 Å². The highest BCUT2D eigenvalue weighted by Crippen LogP contribution is 2.15. The molecular weight excluding hydrogens is 286 g/mol. The van der Waals surface area contributed by atoms with E-state index in [-0.39, 0.29) is 19.1 Å². The second-order valence-electron chi connectivity index (χ2n) is 4.53. The molecule has 0 bridgehead atoms. The summed E-state index contributed by atoms with van der Waals surface area (Å²) >= 11 is 1.58. The van der Waals surface area contributed by atoms with Gasteiger partial charge < -0.3 is 10.0 Å². The molecule has 0 aromatic carbocycles. The van der Waals surface area contributed by atoms with Gasteiger partial charge in [0.1, 0.15) is 6.54 Å². The maximum absolute atomic E-state index is 12.0. The van der Waals surface area contributed by atoms with Crippen molar-refractivity contribution in [3.63, 3.8) is 0 Å². The quantitative estimate of drug-likeness (QED) is 0.848. The fourth-order valence-corrected chi connectivity index (χ4v) is 2.59. The summed E-state index contributed by atoms with van der Waals surface area (Å²) in [5.74, 6) is 5.89. The predicted molar refractivity (Wildman–Crippen MR) is 81.6 cm³/mol. The first-order valence-corrected chi connectivity index (χ1v) is 7.45. The number of aliphatic hydroxyl groups excluding tert-OH is 1. The van der Waals surface area contributed by atoms with Crippen LogP contribution >= 0.6 is 11.3 Å². The van der Waals surface area contributed by atoms with Gasteiger partial charge in [-0.25, -0.2) is 0 Å². The van der Waals surface area contributed by atoms with E-state index < -0.39 is 0 Å². The van der Waals surface area contributed by atoms with Crippen LogP contribution in [0, 0.1) is 11.8 Å². The molecule has 0 aliphatic carbocycles. The normalized spacial score (nSPS) is 10.0. The number of aliphatic hydroxyl groups is 1. The monoisotopic (exact) mass is 303 g/mol. The molecule has 0 aliphatic heterocycles. The van der Waals surface area contributed by atoms with Crippen LogP contribution in [0.5, 0.6) is 0 Å². The number of carbonyl (C=O) groups excluding carboxylic acids is 1. The van der Waals surface area contributed by atoms with Gasteiger partial charge in [0.15, 0.2) is 0 Å². The van der Waals surface area contributed by atoms with Crippen molar-refractivity contribution in [2.24, 2.45) is 0 Å². The Kier molecular flexibility index (Phi) is 5.55. The van der Waals surface area contributed by atoms with Crippen molar-refractivity contribution in [1.82, 2.24) is 14.7 Å². The van der Waals surface area contributed by atoms with Crippen molar-refractivity contribution in [2.75, 3.05) is 13.7 Å². The minimum Gasteiger partial charge on any atom is -0.395 e. The molecule has 0 spiro atoms. The van der Waals surface area contributed by atoms with Crippen LogP contribution in [0.3, 0.4) is 0 Å². The number of hydrogen-bond donors (Lipinski definition) is 1. The summed E-state index contributed by atoms with van der Waals surface area (Å²) in [5.41, 5.74) is 0.927. The van der Waals surface area contributed by atoms with Crippen molar-refractivity contribution < 1.29 is 9.90 Å². The number of thiophene rings is 1. The highest BCUT2D eigenvalue weighted by Gasteiger charge is 2.11. The molecule has 5 nitrogen and oxygen atoms in total. The highest BCUT2D eigenvalue weighted by atomic mass is 32.1. The summed E-state index contributed by atoms with van der Waals surface area (Å²) in [6.07, 6.45) is 3.91. The molecule has 0 saturated heterocycles. The number of likely N-dealkylation sites (N-methyl/N-ethyl adjacent to an activating group) is 1. The van der Waals surface area contributed by atoms with Crippen LogP contribution in [0.15, 0.2) is 29.9 Å². The van der Waals surface area contributed by atoms with Crippen LogP contribution in [-0.4, -0.2) is 39.3 Å². The average molecular weight is 303 g/mol.